The van der Waals surface area contributed by atoms with E-state index >= 15 is 0 Å². The fourth-order valence-corrected chi connectivity index (χ4v) is 2.40. The highest BCUT2D eigenvalue weighted by Gasteiger charge is 2.26. The Hall–Kier alpha value is -1.21. The van der Waals surface area contributed by atoms with Crippen LogP contribution in [0.4, 0.5) is 14.5 Å². The van der Waals surface area contributed by atoms with Gasteiger partial charge in [-0.05, 0) is 30.7 Å². The maximum atomic E-state index is 12.3. The summed E-state index contributed by atoms with van der Waals surface area (Å²) in [4.78, 5) is -0.382. The molecule has 4 nitrogen and oxygen atoms in total. The molecule has 1 unspecified atom stereocenters. The first-order chi connectivity index (χ1) is 8.91. The van der Waals surface area contributed by atoms with Crippen LogP contribution in [0.5, 0.6) is 0 Å². The maximum Gasteiger partial charge on any atom is 0.341 e. The van der Waals surface area contributed by atoms with Gasteiger partial charge in [-0.2, -0.15) is 8.78 Å². The van der Waals surface area contributed by atoms with Crippen molar-refractivity contribution in [3.8, 4) is 0 Å². The molecule has 0 fully saturated rings. The summed E-state index contributed by atoms with van der Waals surface area (Å²) in [7, 11) is -4.52. The first kappa shape index (κ1) is 15.8. The molecule has 1 aromatic rings. The minimum atomic E-state index is -4.52. The first-order valence-electron chi connectivity index (χ1n) is 6.00. The summed E-state index contributed by atoms with van der Waals surface area (Å²) in [5.41, 5.74) is 6.25. The van der Waals surface area contributed by atoms with Crippen molar-refractivity contribution < 1.29 is 17.2 Å². The van der Waals surface area contributed by atoms with Crippen molar-refractivity contribution in [3.63, 3.8) is 0 Å². The van der Waals surface area contributed by atoms with E-state index in [4.69, 9.17) is 5.73 Å². The van der Waals surface area contributed by atoms with Gasteiger partial charge in [-0.1, -0.05) is 13.3 Å². The molecular formula is C12H18F2N2O2S. The second kappa shape index (κ2) is 6.81. The van der Waals surface area contributed by atoms with Gasteiger partial charge in [0.15, 0.2) is 0 Å². The Bertz CT molecular complexity index is 489. The molecule has 0 aromatic heterocycles. The lowest BCUT2D eigenvalue weighted by Crippen LogP contribution is -2.28. The monoisotopic (exact) mass is 292 g/mol. The Labute approximate surface area is 111 Å². The number of halogens is 2. The van der Waals surface area contributed by atoms with Crippen molar-refractivity contribution in [1.82, 2.24) is 0 Å². The summed E-state index contributed by atoms with van der Waals surface area (Å²) < 4.78 is 47.2. The van der Waals surface area contributed by atoms with Crippen molar-refractivity contribution in [1.29, 1.82) is 0 Å². The van der Waals surface area contributed by atoms with Crippen LogP contribution in [0.25, 0.3) is 0 Å². The largest absolute Gasteiger partial charge is 0.381 e. The number of benzene rings is 1. The third-order valence-corrected chi connectivity index (χ3v) is 4.11. The van der Waals surface area contributed by atoms with Crippen molar-refractivity contribution in [2.24, 2.45) is 5.73 Å². The van der Waals surface area contributed by atoms with Crippen LogP contribution in [0, 0.1) is 0 Å². The Balaban J connectivity index is 2.82. The third-order valence-electron chi connectivity index (χ3n) is 2.71. The van der Waals surface area contributed by atoms with Gasteiger partial charge < -0.3 is 11.1 Å². The van der Waals surface area contributed by atoms with Crippen molar-refractivity contribution in [2.75, 3.05) is 11.9 Å². The summed E-state index contributed by atoms with van der Waals surface area (Å²) in [5.74, 6) is -3.40. The molecular weight excluding hydrogens is 274 g/mol. The van der Waals surface area contributed by atoms with Gasteiger partial charge in [-0.25, -0.2) is 8.42 Å². The van der Waals surface area contributed by atoms with Crippen LogP contribution in [0.3, 0.4) is 0 Å². The second-order valence-electron chi connectivity index (χ2n) is 4.20. The molecule has 19 heavy (non-hydrogen) atoms. The lowest BCUT2D eigenvalue weighted by molar-refractivity contribution is 0.234. The second-order valence-corrected chi connectivity index (χ2v) is 6.11. The van der Waals surface area contributed by atoms with Crippen LogP contribution in [-0.2, 0) is 9.84 Å². The van der Waals surface area contributed by atoms with Gasteiger partial charge in [-0.15, -0.1) is 0 Å². The number of sulfone groups is 1. The normalized spacial score (nSPS) is 13.5. The zero-order chi connectivity index (χ0) is 14.5. The number of alkyl halides is 2. The van der Waals surface area contributed by atoms with Crippen LogP contribution in [0.1, 0.15) is 19.8 Å². The van der Waals surface area contributed by atoms with E-state index in [1.54, 1.807) is 0 Å². The molecule has 0 aliphatic carbocycles. The van der Waals surface area contributed by atoms with Gasteiger partial charge in [0.1, 0.15) is 0 Å². The Kier molecular flexibility index (Phi) is 5.68. The molecule has 1 rings (SSSR count). The minimum absolute atomic E-state index is 0.0857. The fourth-order valence-electron chi connectivity index (χ4n) is 1.68. The van der Waals surface area contributed by atoms with E-state index in [2.05, 4.69) is 5.32 Å². The van der Waals surface area contributed by atoms with Crippen molar-refractivity contribution in [3.05, 3.63) is 24.3 Å². The van der Waals surface area contributed by atoms with Crippen LogP contribution in [0.15, 0.2) is 29.2 Å². The molecule has 108 valence electrons. The first-order valence-corrected chi connectivity index (χ1v) is 7.55. The number of anilines is 1. The standard InChI is InChI=1S/C12H18F2N2O2S/c1-2-3-10(8-15)16-9-4-6-11(7-5-9)19(17,18)12(13)14/h4-7,10,12,16H,2-3,8,15H2,1H3. The van der Waals surface area contributed by atoms with E-state index in [0.717, 1.165) is 12.8 Å². The highest BCUT2D eigenvalue weighted by atomic mass is 32.2. The molecule has 0 radical (unpaired) electrons. The van der Waals surface area contributed by atoms with E-state index in [9.17, 15) is 17.2 Å². The molecule has 1 aromatic carbocycles. The summed E-state index contributed by atoms with van der Waals surface area (Å²) >= 11 is 0. The lowest BCUT2D eigenvalue weighted by atomic mass is 10.1. The van der Waals surface area contributed by atoms with Crippen LogP contribution >= 0.6 is 0 Å². The molecule has 0 saturated carbocycles. The average Bonchev–Trinajstić information content (AvgIpc) is 2.38. The van der Waals surface area contributed by atoms with E-state index in [1.165, 1.54) is 24.3 Å². The van der Waals surface area contributed by atoms with E-state index in [-0.39, 0.29) is 10.9 Å². The van der Waals surface area contributed by atoms with Crippen LogP contribution in [-0.4, -0.2) is 26.8 Å². The molecule has 0 spiro atoms. The van der Waals surface area contributed by atoms with Gasteiger partial charge in [0.25, 0.3) is 0 Å². The molecule has 0 amide bonds. The summed E-state index contributed by atoms with van der Waals surface area (Å²) in [5, 5.41) is 3.13. The van der Waals surface area contributed by atoms with E-state index in [0.29, 0.717) is 12.2 Å². The predicted octanol–water partition coefficient (Wildman–Crippen LogP) is 2.22. The zero-order valence-electron chi connectivity index (χ0n) is 10.6. The molecule has 1 atom stereocenters. The van der Waals surface area contributed by atoms with Gasteiger partial charge in [0.2, 0.25) is 9.84 Å². The highest BCUT2D eigenvalue weighted by Crippen LogP contribution is 2.20. The van der Waals surface area contributed by atoms with Gasteiger partial charge >= 0.3 is 5.76 Å². The summed E-state index contributed by atoms with van der Waals surface area (Å²) in [6.07, 6.45) is 1.85. The maximum absolute atomic E-state index is 12.3. The summed E-state index contributed by atoms with van der Waals surface area (Å²) in [6.45, 7) is 2.48. The molecule has 7 heteroatoms. The molecule has 0 heterocycles. The number of hydrogen-bond donors (Lipinski definition) is 2. The Morgan fingerprint density at radius 1 is 1.26 bits per heavy atom. The fraction of sp³-hybridized carbons (Fsp3) is 0.500. The Morgan fingerprint density at radius 3 is 2.26 bits per heavy atom. The zero-order valence-corrected chi connectivity index (χ0v) is 11.5. The highest BCUT2D eigenvalue weighted by molar-refractivity contribution is 7.91. The molecule has 3 N–H and O–H groups in total. The van der Waals surface area contributed by atoms with Gasteiger partial charge in [0, 0.05) is 18.3 Å². The third kappa shape index (κ3) is 4.14. The smallest absolute Gasteiger partial charge is 0.341 e. The topological polar surface area (TPSA) is 72.2 Å². The SMILES string of the molecule is CCCC(CN)Nc1ccc(S(=O)(=O)C(F)F)cc1. The predicted molar refractivity (Wildman–Crippen MR) is 71.0 cm³/mol. The Morgan fingerprint density at radius 2 is 1.84 bits per heavy atom. The number of nitrogens with two attached hydrogens (primary N) is 1. The summed E-state index contributed by atoms with van der Waals surface area (Å²) in [6, 6.07) is 5.36. The number of nitrogens with one attached hydrogen (secondary N) is 1. The minimum Gasteiger partial charge on any atom is -0.381 e. The van der Waals surface area contributed by atoms with Gasteiger partial charge in [0.05, 0.1) is 4.90 Å². The van der Waals surface area contributed by atoms with Crippen molar-refractivity contribution in [2.45, 2.75) is 36.5 Å². The number of rotatable bonds is 7. The van der Waals surface area contributed by atoms with E-state index in [1.807, 2.05) is 6.92 Å². The molecule has 0 bridgehead atoms. The molecule has 0 aliphatic heterocycles. The quantitative estimate of drug-likeness (QED) is 0.808. The number of hydrogen-bond acceptors (Lipinski definition) is 4. The van der Waals surface area contributed by atoms with Crippen LogP contribution in [0.2, 0.25) is 0 Å². The van der Waals surface area contributed by atoms with Crippen molar-refractivity contribution >= 4 is 15.5 Å². The van der Waals surface area contributed by atoms with Crippen LogP contribution < -0.4 is 11.1 Å². The molecule has 0 saturated heterocycles. The average molecular weight is 292 g/mol. The lowest BCUT2D eigenvalue weighted by Gasteiger charge is -2.17. The van der Waals surface area contributed by atoms with Gasteiger partial charge in [-0.3, -0.25) is 0 Å². The molecule has 0 aliphatic rings. The van der Waals surface area contributed by atoms with E-state index < -0.39 is 15.6 Å².